The zero-order chi connectivity index (χ0) is 22.3. The number of amides is 2. The fourth-order valence-corrected chi connectivity index (χ4v) is 2.65. The number of carbonyl (C=O) groups is 3. The van der Waals surface area contributed by atoms with Crippen LogP contribution in [0, 0.1) is 17.6 Å². The molecule has 160 valence electrons. The quantitative estimate of drug-likeness (QED) is 0.637. The van der Waals surface area contributed by atoms with Gasteiger partial charge in [-0.15, -0.1) is 0 Å². The molecular formula is C22H24F2N2O4. The molecule has 2 amide bonds. The molecule has 0 bridgehead atoms. The molecule has 8 heteroatoms. The molecule has 2 rings (SSSR count). The Bertz CT molecular complexity index is 894. The zero-order valence-corrected chi connectivity index (χ0v) is 17.0. The van der Waals surface area contributed by atoms with Gasteiger partial charge in [-0.2, -0.15) is 0 Å². The maximum absolute atomic E-state index is 13.8. The zero-order valence-electron chi connectivity index (χ0n) is 17.0. The molecule has 0 aliphatic rings. The van der Waals surface area contributed by atoms with Gasteiger partial charge >= 0.3 is 5.97 Å². The van der Waals surface area contributed by atoms with Crippen LogP contribution in [-0.4, -0.2) is 30.4 Å². The maximum atomic E-state index is 13.8. The summed E-state index contributed by atoms with van der Waals surface area (Å²) in [6.07, 6.45) is 0.707. The largest absolute Gasteiger partial charge is 0.462 e. The van der Waals surface area contributed by atoms with Crippen LogP contribution in [0.5, 0.6) is 0 Å². The average Bonchev–Trinajstić information content (AvgIpc) is 2.70. The molecular weight excluding hydrogens is 394 g/mol. The predicted octanol–water partition coefficient (Wildman–Crippen LogP) is 3.92. The predicted molar refractivity (Wildman–Crippen MR) is 108 cm³/mol. The second-order valence-electron chi connectivity index (χ2n) is 6.99. The van der Waals surface area contributed by atoms with Gasteiger partial charge in [-0.05, 0) is 48.7 Å². The number of hydrogen-bond acceptors (Lipinski definition) is 4. The van der Waals surface area contributed by atoms with Crippen LogP contribution in [0.2, 0.25) is 0 Å². The van der Waals surface area contributed by atoms with Gasteiger partial charge in [0.2, 0.25) is 5.91 Å². The first-order valence-corrected chi connectivity index (χ1v) is 9.57. The number of ether oxygens (including phenoxy) is 1. The molecule has 0 spiro atoms. The summed E-state index contributed by atoms with van der Waals surface area (Å²) in [7, 11) is 0. The van der Waals surface area contributed by atoms with Crippen molar-refractivity contribution >= 4 is 23.5 Å². The molecule has 6 nitrogen and oxygen atoms in total. The molecule has 0 aliphatic carbocycles. The van der Waals surface area contributed by atoms with E-state index in [1.807, 2.05) is 6.92 Å². The van der Waals surface area contributed by atoms with Crippen LogP contribution in [-0.2, 0) is 9.53 Å². The highest BCUT2D eigenvalue weighted by Crippen LogP contribution is 2.15. The number of carbonyl (C=O) groups excluding carboxylic acids is 3. The number of esters is 1. The minimum absolute atomic E-state index is 0.315. The summed E-state index contributed by atoms with van der Waals surface area (Å²) >= 11 is 0. The van der Waals surface area contributed by atoms with E-state index >= 15 is 0 Å². The third kappa shape index (κ3) is 5.85. The molecule has 0 saturated carbocycles. The van der Waals surface area contributed by atoms with Crippen LogP contribution in [0.15, 0.2) is 42.5 Å². The third-order valence-electron chi connectivity index (χ3n) is 4.25. The van der Waals surface area contributed by atoms with Crippen molar-refractivity contribution in [1.29, 1.82) is 0 Å². The Balaban J connectivity index is 2.09. The summed E-state index contributed by atoms with van der Waals surface area (Å²) < 4.78 is 32.7. The van der Waals surface area contributed by atoms with Crippen molar-refractivity contribution in [2.24, 2.45) is 5.92 Å². The summed E-state index contributed by atoms with van der Waals surface area (Å²) in [6.45, 7) is 5.58. The van der Waals surface area contributed by atoms with E-state index in [0.717, 1.165) is 18.2 Å². The summed E-state index contributed by atoms with van der Waals surface area (Å²) in [4.78, 5) is 36.8. The topological polar surface area (TPSA) is 84.5 Å². The normalized spacial score (nSPS) is 11.7. The molecule has 30 heavy (non-hydrogen) atoms. The Labute approximate surface area is 173 Å². The third-order valence-corrected chi connectivity index (χ3v) is 4.25. The lowest BCUT2D eigenvalue weighted by Crippen LogP contribution is -2.47. The fraction of sp³-hybridized carbons (Fsp3) is 0.318. The van der Waals surface area contributed by atoms with Gasteiger partial charge in [-0.25, -0.2) is 13.6 Å². The summed E-state index contributed by atoms with van der Waals surface area (Å²) in [5, 5.41) is 5.01. The number of hydrogen-bond donors (Lipinski definition) is 2. The second-order valence-corrected chi connectivity index (χ2v) is 6.99. The van der Waals surface area contributed by atoms with Gasteiger partial charge in [-0.1, -0.05) is 26.8 Å². The minimum atomic E-state index is -1.04. The SMILES string of the molecule is CCCOC(=O)c1ccc(NC(=O)[C@@H](NC(=O)c2c(F)cccc2F)C(C)C)cc1. The molecule has 0 heterocycles. The van der Waals surface area contributed by atoms with E-state index in [4.69, 9.17) is 4.74 Å². The standard InChI is InChI=1S/C22H24F2N2O4/c1-4-12-30-22(29)14-8-10-15(11-9-14)25-21(28)19(13(2)3)26-20(27)18-16(23)6-5-7-17(18)24/h5-11,13,19H,4,12H2,1-3H3,(H,25,28)(H,26,27)/t19-/m0/s1. The smallest absolute Gasteiger partial charge is 0.338 e. The Kier molecular flexibility index (Phi) is 8.03. The van der Waals surface area contributed by atoms with Gasteiger partial charge in [-0.3, -0.25) is 9.59 Å². The van der Waals surface area contributed by atoms with Gasteiger partial charge < -0.3 is 15.4 Å². The number of benzene rings is 2. The lowest BCUT2D eigenvalue weighted by molar-refractivity contribution is -0.118. The van der Waals surface area contributed by atoms with Crippen LogP contribution in [0.3, 0.4) is 0 Å². The molecule has 1 atom stereocenters. The Morgan fingerprint density at radius 1 is 1.00 bits per heavy atom. The summed E-state index contributed by atoms with van der Waals surface area (Å²) in [5.74, 6) is -4.42. The molecule has 2 aromatic rings. The van der Waals surface area contributed by atoms with Crippen LogP contribution in [0.25, 0.3) is 0 Å². The van der Waals surface area contributed by atoms with E-state index in [1.54, 1.807) is 13.8 Å². The molecule has 2 N–H and O–H groups in total. The highest BCUT2D eigenvalue weighted by molar-refractivity contribution is 6.01. The first kappa shape index (κ1) is 23.0. The van der Waals surface area contributed by atoms with Crippen molar-refractivity contribution in [3.05, 3.63) is 65.2 Å². The van der Waals surface area contributed by atoms with E-state index in [1.165, 1.54) is 24.3 Å². The van der Waals surface area contributed by atoms with E-state index in [0.29, 0.717) is 24.3 Å². The molecule has 0 aliphatic heterocycles. The van der Waals surface area contributed by atoms with Crippen LogP contribution in [0.1, 0.15) is 47.9 Å². The molecule has 0 unspecified atom stereocenters. The molecule has 0 saturated heterocycles. The molecule has 2 aromatic carbocycles. The van der Waals surface area contributed by atoms with E-state index in [9.17, 15) is 23.2 Å². The number of halogens is 2. The minimum Gasteiger partial charge on any atom is -0.462 e. The van der Waals surface area contributed by atoms with Crippen LogP contribution >= 0.6 is 0 Å². The maximum Gasteiger partial charge on any atom is 0.338 e. The first-order chi connectivity index (χ1) is 14.2. The Morgan fingerprint density at radius 2 is 1.60 bits per heavy atom. The first-order valence-electron chi connectivity index (χ1n) is 9.57. The summed E-state index contributed by atoms with van der Waals surface area (Å²) in [5.41, 5.74) is -0.0138. The lowest BCUT2D eigenvalue weighted by atomic mass is 10.0. The van der Waals surface area contributed by atoms with Crippen molar-refractivity contribution in [2.75, 3.05) is 11.9 Å². The van der Waals surface area contributed by atoms with E-state index in [-0.39, 0.29) is 5.92 Å². The molecule has 0 fully saturated rings. The van der Waals surface area contributed by atoms with Crippen molar-refractivity contribution in [3.8, 4) is 0 Å². The van der Waals surface area contributed by atoms with Gasteiger partial charge in [0.15, 0.2) is 0 Å². The van der Waals surface area contributed by atoms with Gasteiger partial charge in [0.1, 0.15) is 23.2 Å². The van der Waals surface area contributed by atoms with Crippen LogP contribution < -0.4 is 10.6 Å². The number of nitrogens with one attached hydrogen (secondary N) is 2. The van der Waals surface area contributed by atoms with Gasteiger partial charge in [0, 0.05) is 5.69 Å². The lowest BCUT2D eigenvalue weighted by Gasteiger charge is -2.22. The fourth-order valence-electron chi connectivity index (χ4n) is 2.65. The number of anilines is 1. The summed E-state index contributed by atoms with van der Waals surface area (Å²) in [6, 6.07) is 8.11. The van der Waals surface area contributed by atoms with Crippen molar-refractivity contribution in [1.82, 2.24) is 5.32 Å². The average molecular weight is 418 g/mol. The monoisotopic (exact) mass is 418 g/mol. The van der Waals surface area contributed by atoms with E-state index < -0.39 is 41.0 Å². The van der Waals surface area contributed by atoms with Gasteiger partial charge in [0.25, 0.3) is 5.91 Å². The Morgan fingerprint density at radius 3 is 2.13 bits per heavy atom. The molecule has 0 aromatic heterocycles. The van der Waals surface area contributed by atoms with Crippen molar-refractivity contribution in [2.45, 2.75) is 33.2 Å². The highest BCUT2D eigenvalue weighted by atomic mass is 19.1. The number of rotatable bonds is 8. The van der Waals surface area contributed by atoms with Crippen molar-refractivity contribution in [3.63, 3.8) is 0 Å². The Hall–Kier alpha value is -3.29. The van der Waals surface area contributed by atoms with Crippen molar-refractivity contribution < 1.29 is 27.9 Å². The van der Waals surface area contributed by atoms with Gasteiger partial charge in [0.05, 0.1) is 12.2 Å². The second kappa shape index (κ2) is 10.5. The van der Waals surface area contributed by atoms with E-state index in [2.05, 4.69) is 10.6 Å². The highest BCUT2D eigenvalue weighted by Gasteiger charge is 2.27. The molecule has 0 radical (unpaired) electrons. The van der Waals surface area contributed by atoms with Crippen LogP contribution in [0.4, 0.5) is 14.5 Å².